The Morgan fingerprint density at radius 3 is 2.31 bits per heavy atom. The molecule has 0 saturated carbocycles. The van der Waals surface area contributed by atoms with E-state index in [9.17, 15) is 9.59 Å². The molecule has 0 saturated heterocycles. The second-order valence-electron chi connectivity index (χ2n) is 1.87. The third kappa shape index (κ3) is 5.29. The van der Waals surface area contributed by atoms with Crippen LogP contribution in [0.15, 0.2) is 10.1 Å². The largest absolute Gasteiger partial charge is 0.477 e. The Balaban J connectivity index is 3.99. The van der Waals surface area contributed by atoms with Gasteiger partial charge in [-0.05, 0) is 0 Å². The van der Waals surface area contributed by atoms with Crippen molar-refractivity contribution in [3.8, 4) is 0 Å². The van der Waals surface area contributed by atoms with Crippen molar-refractivity contribution in [2.24, 2.45) is 5.73 Å². The number of urea groups is 1. The lowest BCUT2D eigenvalue weighted by molar-refractivity contribution is -0.131. The average Bonchev–Trinajstić information content (AvgIpc) is 2.02. The summed E-state index contributed by atoms with van der Waals surface area (Å²) in [5.41, 5.74) is 8.94. The van der Waals surface area contributed by atoms with Crippen molar-refractivity contribution < 1.29 is 14.7 Å². The molecule has 13 heavy (non-hydrogen) atoms. The fraction of sp³-hybridized carbons (Fsp3) is 0.200. The highest BCUT2D eigenvalue weighted by Crippen LogP contribution is 2.12. The fourth-order valence-corrected chi connectivity index (χ4v) is 0.617. The van der Waals surface area contributed by atoms with Crippen LogP contribution in [-0.4, -0.2) is 23.7 Å². The number of primary amides is 1. The SMILES string of the molecule is NC(=O)NNC/C(Cl)=C(\Cl)C(=O)O. The number of hydrazine groups is 1. The minimum Gasteiger partial charge on any atom is -0.477 e. The maximum absolute atomic E-state index is 10.2. The molecule has 0 unspecified atom stereocenters. The third-order valence-corrected chi connectivity index (χ3v) is 1.69. The molecule has 74 valence electrons. The summed E-state index contributed by atoms with van der Waals surface area (Å²) < 4.78 is 0. The number of carboxylic acids is 1. The van der Waals surface area contributed by atoms with Crippen LogP contribution in [-0.2, 0) is 4.79 Å². The van der Waals surface area contributed by atoms with Gasteiger partial charge in [0.1, 0.15) is 5.03 Å². The van der Waals surface area contributed by atoms with E-state index in [4.69, 9.17) is 34.0 Å². The number of rotatable bonds is 4. The number of carbonyl (C=O) groups excluding carboxylic acids is 1. The van der Waals surface area contributed by atoms with Crippen LogP contribution in [0.2, 0.25) is 0 Å². The van der Waals surface area contributed by atoms with Gasteiger partial charge in [-0.2, -0.15) is 0 Å². The van der Waals surface area contributed by atoms with E-state index in [1.807, 2.05) is 5.43 Å². The molecule has 0 atom stereocenters. The maximum Gasteiger partial charge on any atom is 0.348 e. The van der Waals surface area contributed by atoms with E-state index in [1.54, 1.807) is 0 Å². The van der Waals surface area contributed by atoms with Gasteiger partial charge in [-0.1, -0.05) is 23.2 Å². The third-order valence-electron chi connectivity index (χ3n) is 0.881. The highest BCUT2D eigenvalue weighted by Gasteiger charge is 2.09. The minimum atomic E-state index is -1.34. The quantitative estimate of drug-likeness (QED) is 0.399. The Bertz CT molecular complexity index is 253. The van der Waals surface area contributed by atoms with Crippen LogP contribution < -0.4 is 16.6 Å². The van der Waals surface area contributed by atoms with Crippen molar-refractivity contribution in [3.05, 3.63) is 10.1 Å². The molecule has 0 aromatic rings. The summed E-state index contributed by atoms with van der Waals surface area (Å²) in [6.07, 6.45) is 0. The molecule has 0 rings (SSSR count). The Morgan fingerprint density at radius 1 is 1.38 bits per heavy atom. The first-order chi connectivity index (χ1) is 5.95. The van der Waals surface area contributed by atoms with Crippen LogP contribution in [0, 0.1) is 0 Å². The van der Waals surface area contributed by atoms with Crippen molar-refractivity contribution in [3.63, 3.8) is 0 Å². The van der Waals surface area contributed by atoms with Crippen LogP contribution in [0.3, 0.4) is 0 Å². The lowest BCUT2D eigenvalue weighted by Gasteiger charge is -2.03. The highest BCUT2D eigenvalue weighted by atomic mass is 35.5. The monoisotopic (exact) mass is 227 g/mol. The molecule has 0 bridgehead atoms. The average molecular weight is 228 g/mol. The van der Waals surface area contributed by atoms with Crippen LogP contribution in [0.1, 0.15) is 0 Å². The molecule has 2 amide bonds. The summed E-state index contributed by atoms with van der Waals surface area (Å²) in [7, 11) is 0. The van der Waals surface area contributed by atoms with E-state index in [0.29, 0.717) is 0 Å². The summed E-state index contributed by atoms with van der Waals surface area (Å²) in [6.45, 7) is -0.115. The number of amides is 2. The van der Waals surface area contributed by atoms with Crippen molar-refractivity contribution in [2.75, 3.05) is 6.54 Å². The predicted molar refractivity (Wildman–Crippen MR) is 47.1 cm³/mol. The standard InChI is InChI=1S/C5H7Cl2N3O3/c6-2(3(7)4(11)12)1-9-10-5(8)13/h9H,1H2,(H,11,12)(H3,8,10,13)/b3-2+. The van der Waals surface area contributed by atoms with Crippen LogP contribution in [0.4, 0.5) is 4.79 Å². The van der Waals surface area contributed by atoms with Gasteiger partial charge in [0, 0.05) is 0 Å². The molecule has 0 radical (unpaired) electrons. The Kier molecular flexibility index (Phi) is 5.20. The van der Waals surface area contributed by atoms with E-state index in [2.05, 4.69) is 5.43 Å². The molecule has 0 heterocycles. The minimum absolute atomic E-state index is 0.115. The van der Waals surface area contributed by atoms with Crippen molar-refractivity contribution in [1.82, 2.24) is 10.9 Å². The topological polar surface area (TPSA) is 104 Å². The number of halogens is 2. The zero-order chi connectivity index (χ0) is 10.4. The Hall–Kier alpha value is -0.980. The molecule has 8 heteroatoms. The number of nitrogens with two attached hydrogens (primary N) is 1. The normalized spacial score (nSPS) is 11.8. The van der Waals surface area contributed by atoms with Crippen LogP contribution >= 0.6 is 23.2 Å². The summed E-state index contributed by atoms with van der Waals surface area (Å²) in [5.74, 6) is -1.34. The van der Waals surface area contributed by atoms with E-state index in [1.165, 1.54) is 0 Å². The number of hydrogen-bond acceptors (Lipinski definition) is 3. The molecule has 6 nitrogen and oxygen atoms in total. The second kappa shape index (κ2) is 5.63. The van der Waals surface area contributed by atoms with Gasteiger partial charge in [0.25, 0.3) is 0 Å². The fourth-order valence-electron chi connectivity index (χ4n) is 0.403. The lowest BCUT2D eigenvalue weighted by atomic mass is 10.5. The first-order valence-corrected chi connectivity index (χ1v) is 3.76. The van der Waals surface area contributed by atoms with Gasteiger partial charge < -0.3 is 10.8 Å². The van der Waals surface area contributed by atoms with Crippen molar-refractivity contribution >= 4 is 35.2 Å². The first-order valence-electron chi connectivity index (χ1n) is 3.01. The zero-order valence-corrected chi connectivity index (χ0v) is 7.82. The molecule has 0 spiro atoms. The highest BCUT2D eigenvalue weighted by molar-refractivity contribution is 6.47. The van der Waals surface area contributed by atoms with Gasteiger partial charge >= 0.3 is 12.0 Å². The van der Waals surface area contributed by atoms with E-state index < -0.39 is 17.0 Å². The van der Waals surface area contributed by atoms with Gasteiger partial charge in [0.2, 0.25) is 0 Å². The molecule has 0 aromatic heterocycles. The van der Waals surface area contributed by atoms with E-state index >= 15 is 0 Å². The van der Waals surface area contributed by atoms with Gasteiger partial charge in [0.05, 0.1) is 11.6 Å². The molecule has 0 aliphatic carbocycles. The molecule has 5 N–H and O–H groups in total. The Labute approximate surface area is 83.6 Å². The first kappa shape index (κ1) is 12.0. The number of hydrogen-bond donors (Lipinski definition) is 4. The molecule has 0 aromatic carbocycles. The van der Waals surface area contributed by atoms with Crippen LogP contribution in [0.5, 0.6) is 0 Å². The molecule has 0 fully saturated rings. The summed E-state index contributed by atoms with van der Waals surface area (Å²) in [6, 6.07) is -0.809. The summed E-state index contributed by atoms with van der Waals surface area (Å²) in [4.78, 5) is 20.3. The second-order valence-corrected chi connectivity index (χ2v) is 2.70. The lowest BCUT2D eigenvalue weighted by Crippen LogP contribution is -2.41. The molecule has 0 aliphatic heterocycles. The van der Waals surface area contributed by atoms with Gasteiger partial charge in [0.15, 0.2) is 0 Å². The number of carbonyl (C=O) groups is 2. The zero-order valence-electron chi connectivity index (χ0n) is 6.30. The Morgan fingerprint density at radius 2 is 1.92 bits per heavy atom. The van der Waals surface area contributed by atoms with Gasteiger partial charge in [-0.15, -0.1) is 0 Å². The van der Waals surface area contributed by atoms with E-state index in [-0.39, 0.29) is 11.6 Å². The summed E-state index contributed by atoms with van der Waals surface area (Å²) in [5, 5.41) is 7.70. The summed E-state index contributed by atoms with van der Waals surface area (Å²) >= 11 is 10.7. The number of aliphatic carboxylic acids is 1. The number of nitrogens with one attached hydrogen (secondary N) is 2. The van der Waals surface area contributed by atoms with Crippen molar-refractivity contribution in [2.45, 2.75) is 0 Å². The molecular formula is C5H7Cl2N3O3. The maximum atomic E-state index is 10.2. The van der Waals surface area contributed by atoms with Gasteiger partial charge in [-0.3, -0.25) is 5.43 Å². The molecular weight excluding hydrogens is 221 g/mol. The van der Waals surface area contributed by atoms with Crippen molar-refractivity contribution in [1.29, 1.82) is 0 Å². The van der Waals surface area contributed by atoms with Gasteiger partial charge in [-0.25, -0.2) is 15.0 Å². The number of carboxylic acid groups (broad SMARTS) is 1. The predicted octanol–water partition coefficient (Wildman–Crippen LogP) is -0.0669. The molecule has 0 aliphatic rings. The van der Waals surface area contributed by atoms with Crippen LogP contribution in [0.25, 0.3) is 0 Å². The smallest absolute Gasteiger partial charge is 0.348 e. The van der Waals surface area contributed by atoms with E-state index in [0.717, 1.165) is 0 Å².